The van der Waals surface area contributed by atoms with E-state index in [0.717, 1.165) is 5.56 Å². The summed E-state index contributed by atoms with van der Waals surface area (Å²) in [6, 6.07) is 8.13. The van der Waals surface area contributed by atoms with Crippen LogP contribution in [-0.2, 0) is 20.9 Å². The molecule has 0 spiro atoms. The number of hydrogen-bond acceptors (Lipinski definition) is 4. The van der Waals surface area contributed by atoms with E-state index in [4.69, 9.17) is 9.84 Å². The van der Waals surface area contributed by atoms with Crippen molar-refractivity contribution in [2.45, 2.75) is 19.1 Å². The van der Waals surface area contributed by atoms with Crippen molar-refractivity contribution >= 4 is 18.0 Å². The van der Waals surface area contributed by atoms with Crippen molar-refractivity contribution in [1.29, 1.82) is 0 Å². The van der Waals surface area contributed by atoms with E-state index in [1.54, 1.807) is 7.05 Å². The molecule has 1 aliphatic rings. The molecule has 1 unspecified atom stereocenters. The molecule has 1 N–H and O–H groups in total. The lowest BCUT2D eigenvalue weighted by Crippen LogP contribution is -2.58. The number of carbonyl (C=O) groups is 3. The van der Waals surface area contributed by atoms with Crippen LogP contribution >= 0.6 is 0 Å². The van der Waals surface area contributed by atoms with Crippen LogP contribution < -0.4 is 0 Å². The fourth-order valence-electron chi connectivity index (χ4n) is 2.30. The first kappa shape index (κ1) is 15.8. The lowest BCUT2D eigenvalue weighted by Gasteiger charge is -2.37. The molecule has 0 radical (unpaired) electrons. The topological polar surface area (TPSA) is 87.2 Å². The number of likely N-dealkylation sites (N-methyl/N-ethyl adjacent to an activating group) is 1. The van der Waals surface area contributed by atoms with Crippen LogP contribution in [-0.4, -0.2) is 59.1 Å². The Morgan fingerprint density at radius 3 is 2.59 bits per heavy atom. The number of amides is 2. The van der Waals surface area contributed by atoms with Gasteiger partial charge in [0.15, 0.2) is 0 Å². The van der Waals surface area contributed by atoms with Crippen LogP contribution in [0.15, 0.2) is 30.3 Å². The molecule has 0 bridgehead atoms. The highest BCUT2D eigenvalue weighted by Gasteiger charge is 2.38. The summed E-state index contributed by atoms with van der Waals surface area (Å²) < 4.78 is 5.19. The number of rotatable bonds is 4. The third-order valence-electron chi connectivity index (χ3n) is 3.52. The Bertz CT molecular complexity index is 560. The Kier molecular flexibility index (Phi) is 4.98. The third-order valence-corrected chi connectivity index (χ3v) is 3.52. The van der Waals surface area contributed by atoms with Crippen molar-refractivity contribution in [1.82, 2.24) is 9.80 Å². The van der Waals surface area contributed by atoms with Crippen LogP contribution in [0.2, 0.25) is 0 Å². The van der Waals surface area contributed by atoms with Crippen molar-refractivity contribution in [3.63, 3.8) is 0 Å². The van der Waals surface area contributed by atoms with Gasteiger partial charge < -0.3 is 14.7 Å². The van der Waals surface area contributed by atoms with E-state index in [0.29, 0.717) is 6.54 Å². The molecular formula is C15H18N2O5. The fourth-order valence-corrected chi connectivity index (χ4v) is 2.30. The van der Waals surface area contributed by atoms with Gasteiger partial charge in [0.25, 0.3) is 0 Å². The molecule has 1 atom stereocenters. The van der Waals surface area contributed by atoms with Crippen molar-refractivity contribution in [3.05, 3.63) is 35.9 Å². The van der Waals surface area contributed by atoms with Crippen LogP contribution in [0, 0.1) is 0 Å². The van der Waals surface area contributed by atoms with Gasteiger partial charge in [-0.15, -0.1) is 0 Å². The number of ether oxygens (including phenoxy) is 1. The number of carbonyl (C=O) groups excluding carboxylic acids is 2. The van der Waals surface area contributed by atoms with Crippen molar-refractivity contribution in [3.8, 4) is 0 Å². The predicted molar refractivity (Wildman–Crippen MR) is 77.0 cm³/mol. The molecule has 7 nitrogen and oxygen atoms in total. The molecule has 0 aromatic heterocycles. The highest BCUT2D eigenvalue weighted by atomic mass is 16.6. The molecule has 22 heavy (non-hydrogen) atoms. The van der Waals surface area contributed by atoms with E-state index in [1.807, 2.05) is 30.3 Å². The number of hydrogen-bond donors (Lipinski definition) is 1. The van der Waals surface area contributed by atoms with Gasteiger partial charge in [-0.2, -0.15) is 0 Å². The summed E-state index contributed by atoms with van der Waals surface area (Å²) in [4.78, 5) is 37.8. The van der Waals surface area contributed by atoms with Gasteiger partial charge in [0, 0.05) is 20.1 Å². The van der Waals surface area contributed by atoms with E-state index in [-0.39, 0.29) is 19.1 Å². The summed E-state index contributed by atoms with van der Waals surface area (Å²) in [5.74, 6) is -1.51. The molecule has 1 saturated heterocycles. The van der Waals surface area contributed by atoms with Crippen LogP contribution in [0.3, 0.4) is 0 Å². The average molecular weight is 306 g/mol. The number of carboxylic acid groups (broad SMARTS) is 1. The van der Waals surface area contributed by atoms with E-state index < -0.39 is 24.5 Å². The highest BCUT2D eigenvalue weighted by molar-refractivity contribution is 5.90. The Balaban J connectivity index is 2.02. The molecule has 118 valence electrons. The first-order valence-electron chi connectivity index (χ1n) is 6.93. The molecule has 2 rings (SSSR count). The van der Waals surface area contributed by atoms with Gasteiger partial charge in [0.2, 0.25) is 5.91 Å². The van der Waals surface area contributed by atoms with Crippen LogP contribution in [0.25, 0.3) is 0 Å². The number of carboxylic acids is 1. The smallest absolute Gasteiger partial charge is 0.410 e. The molecule has 7 heteroatoms. The van der Waals surface area contributed by atoms with E-state index in [9.17, 15) is 14.4 Å². The second-order valence-corrected chi connectivity index (χ2v) is 5.11. The second kappa shape index (κ2) is 6.93. The molecule has 1 aromatic carbocycles. The van der Waals surface area contributed by atoms with Gasteiger partial charge in [-0.3, -0.25) is 14.5 Å². The Labute approximate surface area is 128 Å². The molecular weight excluding hydrogens is 288 g/mol. The lowest BCUT2D eigenvalue weighted by molar-refractivity contribution is -0.147. The molecule has 1 aromatic rings. The predicted octanol–water partition coefficient (Wildman–Crippen LogP) is 0.941. The van der Waals surface area contributed by atoms with Gasteiger partial charge in [0.05, 0.1) is 6.42 Å². The average Bonchev–Trinajstić information content (AvgIpc) is 2.50. The molecule has 0 saturated carbocycles. The molecule has 0 aliphatic carbocycles. The minimum absolute atomic E-state index is 0.0833. The SMILES string of the molecule is CN1CCN(C(=O)OCc2ccccc2)C(CC(=O)O)C1=O. The van der Waals surface area contributed by atoms with Gasteiger partial charge in [-0.05, 0) is 5.56 Å². The zero-order valence-corrected chi connectivity index (χ0v) is 12.3. The Morgan fingerprint density at radius 2 is 1.95 bits per heavy atom. The number of piperazine rings is 1. The maximum atomic E-state index is 12.2. The van der Waals surface area contributed by atoms with Crippen molar-refractivity contribution < 1.29 is 24.2 Å². The number of benzene rings is 1. The summed E-state index contributed by atoms with van der Waals surface area (Å²) in [6.07, 6.45) is -1.10. The second-order valence-electron chi connectivity index (χ2n) is 5.11. The quantitative estimate of drug-likeness (QED) is 0.894. The first-order chi connectivity index (χ1) is 10.5. The Morgan fingerprint density at radius 1 is 1.27 bits per heavy atom. The first-order valence-corrected chi connectivity index (χ1v) is 6.93. The summed E-state index contributed by atoms with van der Waals surface area (Å²) >= 11 is 0. The zero-order chi connectivity index (χ0) is 16.1. The summed E-state index contributed by atoms with van der Waals surface area (Å²) in [5.41, 5.74) is 0.825. The number of nitrogens with zero attached hydrogens (tertiary/aromatic N) is 2. The standard InChI is InChI=1S/C15H18N2O5/c1-16-7-8-17(12(14(16)20)9-13(18)19)15(21)22-10-11-5-3-2-4-6-11/h2-6,12H,7-10H2,1H3,(H,18,19). The minimum atomic E-state index is -1.13. The van der Waals surface area contributed by atoms with Gasteiger partial charge in [-0.25, -0.2) is 4.79 Å². The molecule has 2 amide bonds. The van der Waals surface area contributed by atoms with Crippen molar-refractivity contribution in [2.75, 3.05) is 20.1 Å². The van der Waals surface area contributed by atoms with Crippen molar-refractivity contribution in [2.24, 2.45) is 0 Å². The van der Waals surface area contributed by atoms with Gasteiger partial charge >= 0.3 is 12.1 Å². The van der Waals surface area contributed by atoms with Gasteiger partial charge in [0.1, 0.15) is 12.6 Å². The third kappa shape index (κ3) is 3.75. The molecule has 1 fully saturated rings. The minimum Gasteiger partial charge on any atom is -0.481 e. The monoisotopic (exact) mass is 306 g/mol. The van der Waals surface area contributed by atoms with E-state index in [1.165, 1.54) is 9.80 Å². The molecule has 1 aliphatic heterocycles. The Hall–Kier alpha value is -2.57. The maximum absolute atomic E-state index is 12.2. The zero-order valence-electron chi connectivity index (χ0n) is 12.3. The van der Waals surface area contributed by atoms with Crippen LogP contribution in [0.1, 0.15) is 12.0 Å². The molecule has 1 heterocycles. The fraction of sp³-hybridized carbons (Fsp3) is 0.400. The van der Waals surface area contributed by atoms with Crippen LogP contribution in [0.4, 0.5) is 4.79 Å². The number of aliphatic carboxylic acids is 1. The summed E-state index contributed by atoms with van der Waals surface area (Å²) in [5, 5.41) is 8.93. The largest absolute Gasteiger partial charge is 0.481 e. The summed E-state index contributed by atoms with van der Waals surface area (Å²) in [6.45, 7) is 0.698. The normalized spacial score (nSPS) is 18.2. The van der Waals surface area contributed by atoms with E-state index >= 15 is 0 Å². The van der Waals surface area contributed by atoms with Gasteiger partial charge in [-0.1, -0.05) is 30.3 Å². The maximum Gasteiger partial charge on any atom is 0.410 e. The highest BCUT2D eigenvalue weighted by Crippen LogP contribution is 2.16. The lowest BCUT2D eigenvalue weighted by atomic mass is 10.1. The van der Waals surface area contributed by atoms with Crippen LogP contribution in [0.5, 0.6) is 0 Å². The van der Waals surface area contributed by atoms with E-state index in [2.05, 4.69) is 0 Å². The summed E-state index contributed by atoms with van der Waals surface area (Å²) in [7, 11) is 1.59.